The number of nitrogens with zero attached hydrogens (tertiary/aromatic N) is 1. The van der Waals surface area contributed by atoms with Crippen LogP contribution in [0.4, 0.5) is 0 Å². The van der Waals surface area contributed by atoms with E-state index in [0.29, 0.717) is 17.7 Å². The van der Waals surface area contributed by atoms with Crippen molar-refractivity contribution in [2.75, 3.05) is 7.11 Å². The highest BCUT2D eigenvalue weighted by Crippen LogP contribution is 2.28. The summed E-state index contributed by atoms with van der Waals surface area (Å²) in [5.74, 6) is 0.792. The third-order valence-electron chi connectivity index (χ3n) is 4.47. The van der Waals surface area contributed by atoms with Crippen LogP contribution < -0.4 is 10.3 Å². The molecule has 4 nitrogen and oxygen atoms in total. The van der Waals surface area contributed by atoms with Crippen molar-refractivity contribution in [3.05, 3.63) is 76.6 Å². The van der Waals surface area contributed by atoms with Crippen molar-refractivity contribution in [3.63, 3.8) is 0 Å². The zero-order chi connectivity index (χ0) is 18.5. The summed E-state index contributed by atoms with van der Waals surface area (Å²) in [5.41, 5.74) is 2.56. The molecule has 26 heavy (non-hydrogen) atoms. The Hall–Kier alpha value is -3.01. The van der Waals surface area contributed by atoms with Crippen molar-refractivity contribution >= 4 is 0 Å². The van der Waals surface area contributed by atoms with Crippen molar-refractivity contribution in [2.45, 2.75) is 26.2 Å². The van der Waals surface area contributed by atoms with Gasteiger partial charge in [-0.05, 0) is 42.7 Å². The Morgan fingerprint density at radius 2 is 1.73 bits per heavy atom. The van der Waals surface area contributed by atoms with Crippen LogP contribution in [0.15, 0.2) is 65.5 Å². The average molecular weight is 349 g/mol. The Morgan fingerprint density at radius 1 is 1.04 bits per heavy atom. The van der Waals surface area contributed by atoms with Crippen LogP contribution in [-0.2, 0) is 6.42 Å². The minimum atomic E-state index is -0.178. The van der Waals surface area contributed by atoms with Crippen LogP contribution in [0.3, 0.4) is 0 Å². The molecule has 0 amide bonds. The first-order valence-corrected chi connectivity index (χ1v) is 8.83. The van der Waals surface area contributed by atoms with Crippen molar-refractivity contribution in [1.82, 2.24) is 4.57 Å². The molecule has 1 aromatic heterocycles. The summed E-state index contributed by atoms with van der Waals surface area (Å²) in [7, 11) is 1.61. The first-order chi connectivity index (χ1) is 12.7. The quantitative estimate of drug-likeness (QED) is 0.710. The molecule has 4 heteroatoms. The Morgan fingerprint density at radius 3 is 2.35 bits per heavy atom. The lowest BCUT2D eigenvalue weighted by Crippen LogP contribution is -2.24. The first kappa shape index (κ1) is 17.8. The highest BCUT2D eigenvalue weighted by molar-refractivity contribution is 5.65. The minimum Gasteiger partial charge on any atom is -0.507 e. The maximum atomic E-state index is 13.2. The summed E-state index contributed by atoms with van der Waals surface area (Å²) < 4.78 is 6.88. The molecule has 0 aliphatic rings. The Bertz CT molecular complexity index is 928. The molecule has 0 unspecified atom stereocenters. The van der Waals surface area contributed by atoms with E-state index in [4.69, 9.17) is 4.74 Å². The van der Waals surface area contributed by atoms with E-state index in [0.717, 1.165) is 29.8 Å². The number of rotatable bonds is 6. The molecule has 1 heterocycles. The van der Waals surface area contributed by atoms with Crippen molar-refractivity contribution in [3.8, 4) is 28.4 Å². The van der Waals surface area contributed by atoms with Gasteiger partial charge >= 0.3 is 0 Å². The van der Waals surface area contributed by atoms with Gasteiger partial charge < -0.3 is 9.84 Å². The number of methoxy groups -OCH3 is 1. The fourth-order valence-electron chi connectivity index (χ4n) is 3.03. The zero-order valence-corrected chi connectivity index (χ0v) is 15.1. The molecule has 0 atom stereocenters. The second-order valence-electron chi connectivity index (χ2n) is 6.20. The molecule has 0 bridgehead atoms. The number of unbranched alkanes of at least 4 members (excludes halogenated alkanes) is 1. The van der Waals surface area contributed by atoms with E-state index < -0.39 is 0 Å². The van der Waals surface area contributed by atoms with Crippen LogP contribution in [0.2, 0.25) is 0 Å². The van der Waals surface area contributed by atoms with E-state index in [-0.39, 0.29) is 11.3 Å². The predicted octanol–water partition coefficient (Wildman–Crippen LogP) is 4.56. The van der Waals surface area contributed by atoms with Gasteiger partial charge in [-0.1, -0.05) is 43.7 Å². The van der Waals surface area contributed by atoms with Crippen LogP contribution in [-0.4, -0.2) is 16.8 Å². The first-order valence-electron chi connectivity index (χ1n) is 8.83. The minimum absolute atomic E-state index is 0.0621. The summed E-state index contributed by atoms with van der Waals surface area (Å²) in [6.45, 7) is 2.07. The highest BCUT2D eigenvalue weighted by atomic mass is 16.5. The van der Waals surface area contributed by atoms with Gasteiger partial charge in [-0.25, -0.2) is 0 Å². The van der Waals surface area contributed by atoms with Gasteiger partial charge in [0, 0.05) is 11.8 Å². The van der Waals surface area contributed by atoms with Crippen molar-refractivity contribution < 1.29 is 9.84 Å². The van der Waals surface area contributed by atoms with Gasteiger partial charge in [0.25, 0.3) is 5.56 Å². The van der Waals surface area contributed by atoms with E-state index in [2.05, 4.69) is 6.92 Å². The molecular formula is C22H23NO3. The van der Waals surface area contributed by atoms with E-state index >= 15 is 0 Å². The predicted molar refractivity (Wildman–Crippen MR) is 104 cm³/mol. The zero-order valence-electron chi connectivity index (χ0n) is 15.1. The third-order valence-corrected chi connectivity index (χ3v) is 4.47. The van der Waals surface area contributed by atoms with Crippen molar-refractivity contribution in [2.24, 2.45) is 0 Å². The molecule has 0 radical (unpaired) electrons. The standard InChI is InChI=1S/C22H23NO3/c1-3-4-10-19-21(24)15-20(16-8-6-5-7-9-16)23(22(19)25)17-11-13-18(26-2)14-12-17/h5-9,11-15,24H,3-4,10H2,1-2H3. The molecule has 0 saturated heterocycles. The van der Waals surface area contributed by atoms with Gasteiger partial charge in [0.15, 0.2) is 0 Å². The number of ether oxygens (including phenoxy) is 1. The average Bonchev–Trinajstić information content (AvgIpc) is 2.68. The summed E-state index contributed by atoms with van der Waals surface area (Å²) in [6, 6.07) is 18.7. The molecule has 0 aliphatic heterocycles. The third kappa shape index (κ3) is 3.49. The van der Waals surface area contributed by atoms with Crippen molar-refractivity contribution in [1.29, 1.82) is 0 Å². The lowest BCUT2D eigenvalue weighted by atomic mass is 10.0. The number of hydrogen-bond donors (Lipinski definition) is 1. The fourth-order valence-corrected chi connectivity index (χ4v) is 3.03. The second-order valence-corrected chi connectivity index (χ2v) is 6.20. The van der Waals surface area contributed by atoms with Gasteiger partial charge in [-0.3, -0.25) is 9.36 Å². The van der Waals surface area contributed by atoms with Gasteiger partial charge in [0.2, 0.25) is 0 Å². The van der Waals surface area contributed by atoms with Gasteiger partial charge in [0.1, 0.15) is 11.5 Å². The van der Waals surface area contributed by atoms with E-state index in [1.165, 1.54) is 0 Å². The summed E-state index contributed by atoms with van der Waals surface area (Å²) in [6.07, 6.45) is 2.38. The lowest BCUT2D eigenvalue weighted by Gasteiger charge is -2.17. The monoisotopic (exact) mass is 349 g/mol. The second kappa shape index (κ2) is 7.91. The smallest absolute Gasteiger partial charge is 0.262 e. The number of hydrogen-bond acceptors (Lipinski definition) is 3. The van der Waals surface area contributed by atoms with E-state index in [1.54, 1.807) is 17.7 Å². The topological polar surface area (TPSA) is 51.5 Å². The number of benzene rings is 2. The van der Waals surface area contributed by atoms with E-state index in [1.807, 2.05) is 54.6 Å². The van der Waals surface area contributed by atoms with Crippen LogP contribution in [0.5, 0.6) is 11.5 Å². The Labute approximate surface area is 153 Å². The van der Waals surface area contributed by atoms with Gasteiger partial charge in [-0.15, -0.1) is 0 Å². The molecule has 3 rings (SSSR count). The van der Waals surface area contributed by atoms with Crippen LogP contribution in [0, 0.1) is 0 Å². The fraction of sp³-hybridized carbons (Fsp3) is 0.227. The normalized spacial score (nSPS) is 10.7. The van der Waals surface area contributed by atoms with Crippen LogP contribution >= 0.6 is 0 Å². The highest BCUT2D eigenvalue weighted by Gasteiger charge is 2.16. The SMILES string of the molecule is CCCCc1c(O)cc(-c2ccccc2)n(-c2ccc(OC)cc2)c1=O. The molecular weight excluding hydrogens is 326 g/mol. The molecule has 3 aromatic rings. The van der Waals surface area contributed by atoms with Gasteiger partial charge in [-0.2, -0.15) is 0 Å². The van der Waals surface area contributed by atoms with Gasteiger partial charge in [0.05, 0.1) is 18.4 Å². The molecule has 2 aromatic carbocycles. The molecule has 0 fully saturated rings. The maximum absolute atomic E-state index is 13.2. The lowest BCUT2D eigenvalue weighted by molar-refractivity contribution is 0.414. The Balaban J connectivity index is 2.25. The summed E-state index contributed by atoms with van der Waals surface area (Å²) in [5, 5.41) is 10.5. The molecule has 0 aliphatic carbocycles. The number of aromatic hydroxyl groups is 1. The number of pyridine rings is 1. The molecule has 1 N–H and O–H groups in total. The van der Waals surface area contributed by atoms with Crippen LogP contribution in [0.25, 0.3) is 16.9 Å². The summed E-state index contributed by atoms with van der Waals surface area (Å²) in [4.78, 5) is 13.2. The maximum Gasteiger partial charge on any atom is 0.262 e. The summed E-state index contributed by atoms with van der Waals surface area (Å²) >= 11 is 0. The Kier molecular flexibility index (Phi) is 5.42. The molecule has 0 spiro atoms. The van der Waals surface area contributed by atoms with Crippen LogP contribution in [0.1, 0.15) is 25.3 Å². The largest absolute Gasteiger partial charge is 0.507 e. The molecule has 134 valence electrons. The van der Waals surface area contributed by atoms with E-state index in [9.17, 15) is 9.90 Å². The molecule has 0 saturated carbocycles. The number of aromatic nitrogens is 1.